The first-order chi connectivity index (χ1) is 13.8. The number of fused-ring (bicyclic) bond motifs is 2. The second kappa shape index (κ2) is 6.92. The number of carbonyl (C=O) groups is 1. The predicted molar refractivity (Wildman–Crippen MR) is 100 cm³/mol. The summed E-state index contributed by atoms with van der Waals surface area (Å²) in [4.78, 5) is 14.6. The van der Waals surface area contributed by atoms with Gasteiger partial charge in [-0.3, -0.25) is 9.89 Å². The number of rotatable bonds is 4. The van der Waals surface area contributed by atoms with Gasteiger partial charge in [0.25, 0.3) is 5.91 Å². The molecule has 2 aromatic carbocycles. The first-order valence-electron chi connectivity index (χ1n) is 9.19. The highest BCUT2D eigenvalue weighted by Gasteiger charge is 2.23. The number of hydrogen-bond acceptors (Lipinski definition) is 5. The topological polar surface area (TPSA) is 76.7 Å². The molecule has 0 fully saturated rings. The molecule has 7 nitrogen and oxygen atoms in total. The third-order valence-corrected chi connectivity index (χ3v) is 5.01. The molecule has 1 N–H and O–H groups in total. The molecule has 0 spiro atoms. The van der Waals surface area contributed by atoms with Crippen LogP contribution in [-0.2, 0) is 19.6 Å². The van der Waals surface area contributed by atoms with E-state index in [1.807, 2.05) is 29.2 Å². The van der Waals surface area contributed by atoms with Gasteiger partial charge in [0.2, 0.25) is 6.79 Å². The second-order valence-corrected chi connectivity index (χ2v) is 6.83. The summed E-state index contributed by atoms with van der Waals surface area (Å²) < 4.78 is 16.4. The van der Waals surface area contributed by atoms with Crippen LogP contribution in [0.3, 0.4) is 0 Å². The van der Waals surface area contributed by atoms with Crippen LogP contribution in [0.2, 0.25) is 0 Å². The van der Waals surface area contributed by atoms with Crippen LogP contribution >= 0.6 is 0 Å². The average molecular weight is 377 g/mol. The van der Waals surface area contributed by atoms with E-state index in [-0.39, 0.29) is 19.3 Å². The van der Waals surface area contributed by atoms with E-state index in [9.17, 15) is 4.79 Å². The van der Waals surface area contributed by atoms with Crippen molar-refractivity contribution >= 4 is 5.91 Å². The van der Waals surface area contributed by atoms with Crippen LogP contribution < -0.4 is 14.2 Å². The lowest BCUT2D eigenvalue weighted by Gasteiger charge is -2.28. The molecule has 7 heteroatoms. The van der Waals surface area contributed by atoms with Crippen LogP contribution in [0.25, 0.3) is 0 Å². The summed E-state index contributed by atoms with van der Waals surface area (Å²) in [6.45, 7) is 1.82. The summed E-state index contributed by atoms with van der Waals surface area (Å²) in [7, 11) is 0. The van der Waals surface area contributed by atoms with Crippen LogP contribution in [-0.4, -0.2) is 34.3 Å². The molecule has 0 saturated carbocycles. The Hall–Kier alpha value is -3.48. The van der Waals surface area contributed by atoms with Gasteiger partial charge in [0.1, 0.15) is 12.4 Å². The number of aromatic nitrogens is 2. The van der Waals surface area contributed by atoms with Crippen LogP contribution in [0.5, 0.6) is 17.2 Å². The molecule has 28 heavy (non-hydrogen) atoms. The minimum absolute atomic E-state index is 0.0694. The lowest BCUT2D eigenvalue weighted by Crippen LogP contribution is -2.36. The Kier molecular flexibility index (Phi) is 4.12. The van der Waals surface area contributed by atoms with Gasteiger partial charge in [0.15, 0.2) is 17.2 Å². The molecule has 0 unspecified atom stereocenters. The molecule has 3 aromatic rings. The average Bonchev–Trinajstić information content (AvgIpc) is 3.40. The number of hydrogen-bond donors (Lipinski definition) is 1. The SMILES string of the molecule is O=C(c1cc(COc2ccc3c(c2)OCO3)[nH]n1)N1CCc2ccccc2C1. The van der Waals surface area contributed by atoms with Gasteiger partial charge < -0.3 is 19.1 Å². The molecule has 142 valence electrons. The normalized spacial score (nSPS) is 14.6. The Morgan fingerprint density at radius 1 is 1.11 bits per heavy atom. The molecule has 0 aliphatic carbocycles. The van der Waals surface area contributed by atoms with Crippen LogP contribution in [0.15, 0.2) is 48.5 Å². The minimum atomic E-state index is -0.0694. The predicted octanol–water partition coefficient (Wildman–Crippen LogP) is 2.92. The highest BCUT2D eigenvalue weighted by molar-refractivity contribution is 5.92. The van der Waals surface area contributed by atoms with Crippen LogP contribution in [0, 0.1) is 0 Å². The lowest BCUT2D eigenvalue weighted by atomic mass is 10.00. The van der Waals surface area contributed by atoms with Crippen molar-refractivity contribution in [2.75, 3.05) is 13.3 Å². The van der Waals surface area contributed by atoms with Gasteiger partial charge >= 0.3 is 0 Å². The number of amides is 1. The molecule has 0 atom stereocenters. The quantitative estimate of drug-likeness (QED) is 0.757. The van der Waals surface area contributed by atoms with Crippen molar-refractivity contribution in [2.45, 2.75) is 19.6 Å². The standard InChI is InChI=1S/C21H19N3O4/c25-21(24-8-7-14-3-1-2-4-15(14)11-24)18-9-16(22-23-18)12-26-17-5-6-19-20(10-17)28-13-27-19/h1-6,9-10H,7-8,11-13H2,(H,22,23). The molecule has 2 aliphatic rings. The van der Waals surface area contributed by atoms with Gasteiger partial charge in [-0.05, 0) is 35.7 Å². The third-order valence-electron chi connectivity index (χ3n) is 5.01. The van der Waals surface area contributed by atoms with Gasteiger partial charge in [-0.2, -0.15) is 5.10 Å². The smallest absolute Gasteiger partial charge is 0.274 e. The Morgan fingerprint density at radius 2 is 1.96 bits per heavy atom. The van der Waals surface area contributed by atoms with E-state index < -0.39 is 0 Å². The maximum absolute atomic E-state index is 12.8. The van der Waals surface area contributed by atoms with Crippen LogP contribution in [0.1, 0.15) is 27.3 Å². The van der Waals surface area contributed by atoms with E-state index >= 15 is 0 Å². The van der Waals surface area contributed by atoms with Crippen molar-refractivity contribution in [1.82, 2.24) is 15.1 Å². The van der Waals surface area contributed by atoms with E-state index in [0.29, 0.717) is 36.0 Å². The monoisotopic (exact) mass is 377 g/mol. The summed E-state index contributed by atoms with van der Waals surface area (Å²) in [5, 5.41) is 7.07. The van der Waals surface area contributed by atoms with Crippen molar-refractivity contribution in [3.63, 3.8) is 0 Å². The fourth-order valence-corrected chi connectivity index (χ4v) is 3.50. The number of H-pyrrole nitrogens is 1. The summed E-state index contributed by atoms with van der Waals surface area (Å²) in [5.74, 6) is 1.98. The number of aromatic amines is 1. The fourth-order valence-electron chi connectivity index (χ4n) is 3.50. The summed E-state index contributed by atoms with van der Waals surface area (Å²) >= 11 is 0. The summed E-state index contributed by atoms with van der Waals surface area (Å²) in [6, 6.07) is 15.4. The molecular weight excluding hydrogens is 358 g/mol. The van der Waals surface area contributed by atoms with Crippen molar-refractivity contribution in [3.8, 4) is 17.2 Å². The van der Waals surface area contributed by atoms with Crippen molar-refractivity contribution in [2.24, 2.45) is 0 Å². The van der Waals surface area contributed by atoms with Gasteiger partial charge in [-0.15, -0.1) is 0 Å². The van der Waals surface area contributed by atoms with E-state index in [0.717, 1.165) is 12.1 Å². The van der Waals surface area contributed by atoms with Crippen LogP contribution in [0.4, 0.5) is 0 Å². The zero-order valence-electron chi connectivity index (χ0n) is 15.2. The Balaban J connectivity index is 1.23. The van der Waals surface area contributed by atoms with E-state index in [1.54, 1.807) is 12.1 Å². The Morgan fingerprint density at radius 3 is 2.89 bits per heavy atom. The van der Waals surface area contributed by atoms with Crippen molar-refractivity contribution < 1.29 is 19.0 Å². The van der Waals surface area contributed by atoms with Crippen molar-refractivity contribution in [3.05, 3.63) is 71.0 Å². The maximum atomic E-state index is 12.8. The van der Waals surface area contributed by atoms with Crippen molar-refractivity contribution in [1.29, 1.82) is 0 Å². The summed E-state index contributed by atoms with van der Waals surface area (Å²) in [6.07, 6.45) is 0.867. The first-order valence-corrected chi connectivity index (χ1v) is 9.19. The highest BCUT2D eigenvalue weighted by Crippen LogP contribution is 2.35. The fraction of sp³-hybridized carbons (Fsp3) is 0.238. The molecular formula is C21H19N3O4. The summed E-state index contributed by atoms with van der Waals surface area (Å²) in [5.41, 5.74) is 3.65. The van der Waals surface area contributed by atoms with Gasteiger partial charge in [-0.25, -0.2) is 0 Å². The Bertz CT molecular complexity index is 1030. The number of carbonyl (C=O) groups excluding carboxylic acids is 1. The largest absolute Gasteiger partial charge is 0.487 e. The molecule has 3 heterocycles. The molecule has 2 aliphatic heterocycles. The number of ether oxygens (including phenoxy) is 3. The van der Waals surface area contributed by atoms with Gasteiger partial charge in [0, 0.05) is 19.2 Å². The van der Waals surface area contributed by atoms with E-state index in [2.05, 4.69) is 22.3 Å². The molecule has 0 bridgehead atoms. The number of nitrogens with one attached hydrogen (secondary N) is 1. The van der Waals surface area contributed by atoms with Gasteiger partial charge in [-0.1, -0.05) is 24.3 Å². The van der Waals surface area contributed by atoms with Gasteiger partial charge in [0.05, 0.1) is 5.69 Å². The zero-order valence-corrected chi connectivity index (χ0v) is 15.2. The Labute approximate surface area is 161 Å². The molecule has 0 radical (unpaired) electrons. The number of nitrogens with zero attached hydrogens (tertiary/aromatic N) is 2. The molecule has 0 saturated heterocycles. The first kappa shape index (κ1) is 16.7. The highest BCUT2D eigenvalue weighted by atomic mass is 16.7. The lowest BCUT2D eigenvalue weighted by molar-refractivity contribution is 0.0728. The molecule has 1 aromatic heterocycles. The van der Waals surface area contributed by atoms with E-state index in [4.69, 9.17) is 14.2 Å². The second-order valence-electron chi connectivity index (χ2n) is 6.83. The molecule has 5 rings (SSSR count). The third kappa shape index (κ3) is 3.15. The molecule has 1 amide bonds. The van der Waals surface area contributed by atoms with E-state index in [1.165, 1.54) is 11.1 Å². The number of benzene rings is 2. The maximum Gasteiger partial charge on any atom is 0.274 e. The minimum Gasteiger partial charge on any atom is -0.487 e. The zero-order chi connectivity index (χ0) is 18.9.